The summed E-state index contributed by atoms with van der Waals surface area (Å²) >= 11 is 0. The number of hydrogen-bond donors (Lipinski definition) is 3. The molecule has 0 saturated heterocycles. The lowest BCUT2D eigenvalue weighted by Crippen LogP contribution is -2.30. The van der Waals surface area contributed by atoms with Gasteiger partial charge in [-0.3, -0.25) is 37.3 Å². The Balaban J connectivity index is 5.19. The summed E-state index contributed by atoms with van der Waals surface area (Å²) in [6, 6.07) is 0. The Morgan fingerprint density at radius 3 is 0.667 bits per heavy atom. The van der Waals surface area contributed by atoms with Crippen LogP contribution < -0.4 is 0 Å². The summed E-state index contributed by atoms with van der Waals surface area (Å²) in [6.07, 6.45) is 65.4. The Morgan fingerprint density at radius 1 is 0.265 bits per heavy atom. The van der Waals surface area contributed by atoms with Crippen LogP contribution in [0.25, 0.3) is 0 Å². The maximum Gasteiger partial charge on any atom is 0.472 e. The topological polar surface area (TPSA) is 237 Å². The number of unbranched alkanes of at least 4 members (excludes halogenated alkanes) is 52. The molecule has 0 radical (unpaired) electrons. The zero-order valence-electron chi connectivity index (χ0n) is 66.9. The Labute approximate surface area is 626 Å². The first kappa shape index (κ1) is 100. The predicted octanol–water partition coefficient (Wildman–Crippen LogP) is 25.1. The van der Waals surface area contributed by atoms with E-state index in [-0.39, 0.29) is 25.7 Å². The van der Waals surface area contributed by atoms with Crippen molar-refractivity contribution in [2.45, 2.75) is 458 Å². The molecule has 0 aliphatic rings. The van der Waals surface area contributed by atoms with Gasteiger partial charge < -0.3 is 33.8 Å². The van der Waals surface area contributed by atoms with Crippen molar-refractivity contribution in [2.75, 3.05) is 39.6 Å². The normalized spacial score (nSPS) is 13.9. The smallest absolute Gasteiger partial charge is 0.462 e. The number of ether oxygens (including phenoxy) is 4. The van der Waals surface area contributed by atoms with Crippen LogP contribution in [0.3, 0.4) is 0 Å². The van der Waals surface area contributed by atoms with Crippen LogP contribution in [0.5, 0.6) is 0 Å². The Hall–Kier alpha value is -1.94. The lowest BCUT2D eigenvalue weighted by Gasteiger charge is -2.21. The van der Waals surface area contributed by atoms with Gasteiger partial charge in [0.25, 0.3) is 0 Å². The highest BCUT2D eigenvalue weighted by Crippen LogP contribution is 2.45. The minimum atomic E-state index is -4.96. The average molecular weight is 1490 g/mol. The molecule has 5 atom stereocenters. The van der Waals surface area contributed by atoms with Gasteiger partial charge >= 0.3 is 39.5 Å². The number of esters is 4. The zero-order chi connectivity index (χ0) is 74.9. The minimum absolute atomic E-state index is 0.107. The lowest BCUT2D eigenvalue weighted by atomic mass is 10.0. The van der Waals surface area contributed by atoms with Gasteiger partial charge in [-0.1, -0.05) is 388 Å². The lowest BCUT2D eigenvalue weighted by molar-refractivity contribution is -0.161. The molecular formula is C83H162O17P2. The summed E-state index contributed by atoms with van der Waals surface area (Å²) in [7, 11) is -9.92. The van der Waals surface area contributed by atoms with Crippen LogP contribution in [-0.2, 0) is 65.4 Å². The highest BCUT2D eigenvalue weighted by Gasteiger charge is 2.30. The maximum absolute atomic E-state index is 13.1. The number of carbonyl (C=O) groups excluding carboxylic acids is 4. The summed E-state index contributed by atoms with van der Waals surface area (Å²) in [4.78, 5) is 73.0. The van der Waals surface area contributed by atoms with Crippen molar-refractivity contribution < 1.29 is 80.2 Å². The van der Waals surface area contributed by atoms with Gasteiger partial charge in [-0.15, -0.1) is 0 Å². The molecule has 2 unspecified atom stereocenters. The van der Waals surface area contributed by atoms with E-state index in [1.54, 1.807) is 0 Å². The highest BCUT2D eigenvalue weighted by atomic mass is 31.2. The second-order valence-corrected chi connectivity index (χ2v) is 33.7. The van der Waals surface area contributed by atoms with Crippen LogP contribution in [0, 0.1) is 11.8 Å². The molecule has 0 amide bonds. The SMILES string of the molecule is CCCCCCCCCCCCCCCCCCCCCCC(=O)O[C@H](COC(=O)CCCCCCCCCCCCCCCCCCC(C)C)COP(=O)(O)OC[C@@H](O)COP(=O)(O)OC[C@@H](COC(=O)CCCCCCCCCC)OC(=O)CCCCCCCCCCCCCCC(C)C. The third kappa shape index (κ3) is 76.3. The highest BCUT2D eigenvalue weighted by molar-refractivity contribution is 7.47. The van der Waals surface area contributed by atoms with E-state index < -0.39 is 97.5 Å². The van der Waals surface area contributed by atoms with Crippen LogP contribution in [0.2, 0.25) is 0 Å². The fourth-order valence-electron chi connectivity index (χ4n) is 12.9. The molecule has 0 aromatic heterocycles. The molecule has 17 nitrogen and oxygen atoms in total. The van der Waals surface area contributed by atoms with Crippen molar-refractivity contribution in [3.05, 3.63) is 0 Å². The molecule has 19 heteroatoms. The molecule has 0 aromatic carbocycles. The second-order valence-electron chi connectivity index (χ2n) is 30.8. The third-order valence-corrected chi connectivity index (χ3v) is 21.4. The molecule has 606 valence electrons. The zero-order valence-corrected chi connectivity index (χ0v) is 68.7. The van der Waals surface area contributed by atoms with E-state index >= 15 is 0 Å². The van der Waals surface area contributed by atoms with E-state index in [1.807, 2.05) is 0 Å². The molecule has 0 saturated carbocycles. The standard InChI is InChI=1S/C83H162O17P2/c1-7-9-11-13-15-17-18-19-20-21-22-23-24-29-32-38-43-49-55-61-67-82(87)100-79(72-94-81(86)66-60-54-48-42-37-31-28-26-25-27-30-35-40-45-51-57-63-75(3)4)74-98-102(91,92)96-70-77(84)69-95-101(89,90)97-73-78(71-93-80(85)65-59-53-47-16-14-12-10-8-2)99-83(88)68-62-56-50-44-39-34-33-36-41-46-52-58-64-76(5)6/h75-79,84H,7-74H2,1-6H3,(H,89,90)(H,91,92)/t77-,78+,79+/m0/s1. The van der Waals surface area contributed by atoms with Crippen LogP contribution in [0.15, 0.2) is 0 Å². The predicted molar refractivity (Wildman–Crippen MR) is 418 cm³/mol. The quantitative estimate of drug-likeness (QED) is 0.0222. The summed E-state index contributed by atoms with van der Waals surface area (Å²) in [5, 5.41) is 10.6. The number of rotatable bonds is 82. The van der Waals surface area contributed by atoms with Crippen molar-refractivity contribution in [3.8, 4) is 0 Å². The summed E-state index contributed by atoms with van der Waals surface area (Å²) in [6.45, 7) is 9.66. The summed E-state index contributed by atoms with van der Waals surface area (Å²) < 4.78 is 68.7. The van der Waals surface area contributed by atoms with Crippen LogP contribution in [0.4, 0.5) is 0 Å². The fraction of sp³-hybridized carbons (Fsp3) is 0.952. The maximum atomic E-state index is 13.1. The van der Waals surface area contributed by atoms with E-state index in [9.17, 15) is 43.2 Å². The van der Waals surface area contributed by atoms with Crippen LogP contribution >= 0.6 is 15.6 Å². The number of phosphoric ester groups is 2. The first-order chi connectivity index (χ1) is 49.4. The first-order valence-corrected chi connectivity index (χ1v) is 46.0. The number of aliphatic hydroxyl groups excluding tert-OH is 1. The Bertz CT molecular complexity index is 1960. The Kier molecular flexibility index (Phi) is 73.1. The molecule has 0 aromatic rings. The van der Waals surface area contributed by atoms with Gasteiger partial charge in [-0.2, -0.15) is 0 Å². The molecule has 0 rings (SSSR count). The van der Waals surface area contributed by atoms with E-state index in [0.29, 0.717) is 25.7 Å². The van der Waals surface area contributed by atoms with Gasteiger partial charge in [0.1, 0.15) is 19.3 Å². The molecule has 0 aliphatic carbocycles. The molecule has 0 fully saturated rings. The number of hydrogen-bond acceptors (Lipinski definition) is 15. The molecule has 3 N–H and O–H groups in total. The second kappa shape index (κ2) is 74.5. The van der Waals surface area contributed by atoms with Crippen LogP contribution in [0.1, 0.15) is 440 Å². The summed E-state index contributed by atoms with van der Waals surface area (Å²) in [5.41, 5.74) is 0. The molecule has 0 bridgehead atoms. The van der Waals surface area contributed by atoms with Crippen molar-refractivity contribution in [2.24, 2.45) is 11.8 Å². The van der Waals surface area contributed by atoms with Crippen molar-refractivity contribution >= 4 is 39.5 Å². The van der Waals surface area contributed by atoms with Gasteiger partial charge in [0.15, 0.2) is 12.2 Å². The molecule has 0 aliphatic heterocycles. The van der Waals surface area contributed by atoms with E-state index in [4.69, 9.17) is 37.0 Å². The van der Waals surface area contributed by atoms with Gasteiger partial charge in [0.2, 0.25) is 0 Å². The molecule has 0 spiro atoms. The minimum Gasteiger partial charge on any atom is -0.462 e. The van der Waals surface area contributed by atoms with E-state index in [2.05, 4.69) is 41.5 Å². The molecular weight excluding hydrogens is 1330 g/mol. The van der Waals surface area contributed by atoms with Gasteiger partial charge in [-0.25, -0.2) is 9.13 Å². The monoisotopic (exact) mass is 1490 g/mol. The first-order valence-electron chi connectivity index (χ1n) is 43.0. The molecule has 0 heterocycles. The third-order valence-electron chi connectivity index (χ3n) is 19.5. The van der Waals surface area contributed by atoms with Gasteiger partial charge in [0.05, 0.1) is 26.4 Å². The van der Waals surface area contributed by atoms with Gasteiger partial charge in [0, 0.05) is 25.7 Å². The van der Waals surface area contributed by atoms with Crippen molar-refractivity contribution in [3.63, 3.8) is 0 Å². The van der Waals surface area contributed by atoms with Crippen LogP contribution in [-0.4, -0.2) is 96.7 Å². The summed E-state index contributed by atoms with van der Waals surface area (Å²) in [5.74, 6) is -0.519. The van der Waals surface area contributed by atoms with E-state index in [1.165, 1.54) is 250 Å². The van der Waals surface area contributed by atoms with E-state index in [0.717, 1.165) is 108 Å². The average Bonchev–Trinajstić information content (AvgIpc) is 0.917. The molecule has 102 heavy (non-hydrogen) atoms. The number of carbonyl (C=O) groups is 4. The largest absolute Gasteiger partial charge is 0.472 e. The number of aliphatic hydroxyl groups is 1. The fourth-order valence-corrected chi connectivity index (χ4v) is 14.5. The van der Waals surface area contributed by atoms with Crippen molar-refractivity contribution in [1.29, 1.82) is 0 Å². The number of phosphoric acid groups is 2. The van der Waals surface area contributed by atoms with Crippen molar-refractivity contribution in [1.82, 2.24) is 0 Å². The van der Waals surface area contributed by atoms with Gasteiger partial charge in [-0.05, 0) is 37.5 Å². The Morgan fingerprint density at radius 2 is 0.451 bits per heavy atom.